The standard InChI is InChI=1S/C24H24ClFN2O/c1-15(24(29)28-20-9-6-18(25)7-10-20)16-2-4-17(5-3-16)21-12-13-27-23-11-8-19(26)14-22(21)23/h6-17H,2-5H2,1H3,(H,28,29)/t15-,16?,17?/m0/s1/i26-1. The van der Waals surface area contributed by atoms with Gasteiger partial charge >= 0.3 is 0 Å². The van der Waals surface area contributed by atoms with Crippen molar-refractivity contribution in [3.63, 3.8) is 0 Å². The van der Waals surface area contributed by atoms with Crippen molar-refractivity contribution in [2.24, 2.45) is 11.8 Å². The number of pyridine rings is 1. The molecule has 4 rings (SSSR count). The van der Waals surface area contributed by atoms with E-state index >= 15 is 0 Å². The van der Waals surface area contributed by atoms with Crippen LogP contribution in [-0.2, 0) is 4.79 Å². The Morgan fingerprint density at radius 3 is 2.55 bits per heavy atom. The van der Waals surface area contributed by atoms with Crippen LogP contribution in [0.3, 0.4) is 0 Å². The number of nitrogens with one attached hydrogen (secondary N) is 1. The highest BCUT2D eigenvalue weighted by molar-refractivity contribution is 6.30. The number of benzene rings is 2. The molecule has 3 aromatic rings. The highest BCUT2D eigenvalue weighted by Gasteiger charge is 2.30. The summed E-state index contributed by atoms with van der Waals surface area (Å²) in [5.74, 6) is 0.492. The van der Waals surface area contributed by atoms with E-state index in [2.05, 4.69) is 10.3 Å². The number of aromatic nitrogens is 1. The van der Waals surface area contributed by atoms with Gasteiger partial charge in [-0.3, -0.25) is 9.78 Å². The highest BCUT2D eigenvalue weighted by atomic mass is 35.5. The minimum Gasteiger partial charge on any atom is -0.326 e. The first-order valence-electron chi connectivity index (χ1n) is 10.1. The van der Waals surface area contributed by atoms with Gasteiger partial charge in [-0.2, -0.15) is 0 Å². The molecule has 0 aliphatic heterocycles. The van der Waals surface area contributed by atoms with Gasteiger partial charge in [0.15, 0.2) is 0 Å². The van der Waals surface area contributed by atoms with Crippen molar-refractivity contribution in [3.8, 4) is 0 Å². The van der Waals surface area contributed by atoms with Crippen molar-refractivity contribution >= 4 is 34.1 Å². The van der Waals surface area contributed by atoms with Crippen LogP contribution in [0, 0.1) is 17.7 Å². The number of halogens is 2. The smallest absolute Gasteiger partial charge is 0.227 e. The molecule has 1 N–H and O–H groups in total. The third-order valence-electron chi connectivity index (χ3n) is 6.18. The first-order valence-corrected chi connectivity index (χ1v) is 10.5. The summed E-state index contributed by atoms with van der Waals surface area (Å²) in [7, 11) is 0. The second-order valence-corrected chi connectivity index (χ2v) is 8.39. The van der Waals surface area contributed by atoms with E-state index in [9.17, 15) is 9.18 Å². The SMILES string of the molecule is C[C@H](C(=O)Nc1ccc(Cl)cc1)C1CCC(c2ccnc3ccc([18F])cc23)CC1. The van der Waals surface area contributed by atoms with Gasteiger partial charge < -0.3 is 5.32 Å². The zero-order valence-corrected chi connectivity index (χ0v) is 17.1. The van der Waals surface area contributed by atoms with Gasteiger partial charge in [-0.05, 0) is 91.6 Å². The van der Waals surface area contributed by atoms with Gasteiger partial charge in [0.2, 0.25) is 5.91 Å². The maximum atomic E-state index is 13.8. The van der Waals surface area contributed by atoms with Crippen LogP contribution in [0.2, 0.25) is 5.02 Å². The molecule has 3 nitrogen and oxygen atoms in total. The van der Waals surface area contributed by atoms with Crippen molar-refractivity contribution in [2.45, 2.75) is 38.5 Å². The zero-order valence-electron chi connectivity index (χ0n) is 16.4. The van der Waals surface area contributed by atoms with Gasteiger partial charge in [-0.1, -0.05) is 18.5 Å². The number of hydrogen-bond donors (Lipinski definition) is 1. The molecule has 1 fully saturated rings. The zero-order chi connectivity index (χ0) is 20.4. The van der Waals surface area contributed by atoms with E-state index in [1.165, 1.54) is 11.6 Å². The van der Waals surface area contributed by atoms with Gasteiger partial charge in [0.05, 0.1) is 5.52 Å². The summed E-state index contributed by atoms with van der Waals surface area (Å²) < 4.78 is 13.8. The second-order valence-electron chi connectivity index (χ2n) is 7.96. The third kappa shape index (κ3) is 4.43. The molecule has 1 saturated carbocycles. The van der Waals surface area contributed by atoms with E-state index in [-0.39, 0.29) is 17.6 Å². The predicted octanol–water partition coefficient (Wildman–Crippen LogP) is 6.58. The number of fused-ring (bicyclic) bond motifs is 1. The Hall–Kier alpha value is -2.46. The normalized spacial score (nSPS) is 20.4. The number of hydrogen-bond acceptors (Lipinski definition) is 2. The maximum absolute atomic E-state index is 13.8. The van der Waals surface area contributed by atoms with Crippen LogP contribution < -0.4 is 5.32 Å². The van der Waals surface area contributed by atoms with Crippen LogP contribution in [0.1, 0.15) is 44.1 Å². The summed E-state index contributed by atoms with van der Waals surface area (Å²) >= 11 is 5.90. The molecule has 0 unspecified atom stereocenters. The third-order valence-corrected chi connectivity index (χ3v) is 6.43. The molecule has 1 aromatic heterocycles. The molecule has 0 radical (unpaired) electrons. The van der Waals surface area contributed by atoms with Crippen LogP contribution in [0.4, 0.5) is 10.1 Å². The van der Waals surface area contributed by atoms with Crippen LogP contribution in [0.15, 0.2) is 54.7 Å². The highest BCUT2D eigenvalue weighted by Crippen LogP contribution is 2.41. The van der Waals surface area contributed by atoms with Gasteiger partial charge in [0, 0.05) is 28.2 Å². The molecule has 0 spiro atoms. The fourth-order valence-electron chi connectivity index (χ4n) is 4.43. The Kier molecular flexibility index (Phi) is 5.81. The number of nitrogens with zero attached hydrogens (tertiary/aromatic N) is 1. The van der Waals surface area contributed by atoms with E-state index in [1.54, 1.807) is 24.3 Å². The number of anilines is 1. The fraction of sp³-hybridized carbons (Fsp3) is 0.333. The molecule has 1 amide bonds. The molecule has 1 heterocycles. The molecular weight excluding hydrogens is 386 g/mol. The van der Waals surface area contributed by atoms with E-state index in [0.29, 0.717) is 16.9 Å². The topological polar surface area (TPSA) is 42.0 Å². The Balaban J connectivity index is 1.41. The lowest BCUT2D eigenvalue weighted by Crippen LogP contribution is -2.29. The van der Waals surface area contributed by atoms with Gasteiger partial charge in [-0.15, -0.1) is 0 Å². The van der Waals surface area contributed by atoms with Crippen LogP contribution in [0.25, 0.3) is 10.9 Å². The average Bonchev–Trinajstić information content (AvgIpc) is 2.74. The number of rotatable bonds is 4. The first-order chi connectivity index (χ1) is 14.0. The minimum atomic E-state index is -0.229. The molecule has 2 aromatic carbocycles. The van der Waals surface area contributed by atoms with Crippen molar-refractivity contribution in [1.29, 1.82) is 0 Å². The van der Waals surface area contributed by atoms with Crippen LogP contribution in [-0.4, -0.2) is 10.9 Å². The molecule has 0 bridgehead atoms. The molecule has 150 valence electrons. The van der Waals surface area contributed by atoms with Gasteiger partial charge in [-0.25, -0.2) is 4.39 Å². The quantitative estimate of drug-likeness (QED) is 0.529. The second kappa shape index (κ2) is 8.50. The van der Waals surface area contributed by atoms with Gasteiger partial charge in [0.25, 0.3) is 0 Å². The summed E-state index contributed by atoms with van der Waals surface area (Å²) in [5, 5.41) is 4.55. The Bertz CT molecular complexity index is 1010. The summed E-state index contributed by atoms with van der Waals surface area (Å²) in [5.41, 5.74) is 2.78. The molecular formula is C24H24ClFN2O. The van der Waals surface area contributed by atoms with Gasteiger partial charge in [0.1, 0.15) is 5.82 Å². The Morgan fingerprint density at radius 2 is 1.83 bits per heavy atom. The molecule has 0 saturated heterocycles. The fourth-order valence-corrected chi connectivity index (χ4v) is 4.56. The van der Waals surface area contributed by atoms with E-state index in [1.807, 2.05) is 31.3 Å². The summed E-state index contributed by atoms with van der Waals surface area (Å²) in [6.45, 7) is 2.01. The monoisotopic (exact) mass is 409 g/mol. The van der Waals surface area contributed by atoms with Crippen LogP contribution >= 0.6 is 11.6 Å². The van der Waals surface area contributed by atoms with E-state index < -0.39 is 0 Å². The van der Waals surface area contributed by atoms with Crippen molar-refractivity contribution in [1.82, 2.24) is 4.98 Å². The largest absolute Gasteiger partial charge is 0.326 e. The molecule has 29 heavy (non-hydrogen) atoms. The Labute approximate surface area is 175 Å². The number of amides is 1. The number of carbonyl (C=O) groups is 1. The lowest BCUT2D eigenvalue weighted by atomic mass is 9.73. The van der Waals surface area contributed by atoms with Crippen LogP contribution in [0.5, 0.6) is 0 Å². The molecule has 1 aliphatic rings. The summed E-state index contributed by atoms with van der Waals surface area (Å²) in [4.78, 5) is 17.0. The average molecular weight is 410 g/mol. The minimum absolute atomic E-state index is 0.0483. The lowest BCUT2D eigenvalue weighted by molar-refractivity contribution is -0.121. The van der Waals surface area contributed by atoms with Crippen molar-refractivity contribution in [3.05, 3.63) is 71.1 Å². The maximum Gasteiger partial charge on any atom is 0.227 e. The first kappa shape index (κ1) is 19.8. The predicted molar refractivity (Wildman–Crippen MR) is 116 cm³/mol. The Morgan fingerprint density at radius 1 is 1.10 bits per heavy atom. The molecule has 1 atom stereocenters. The lowest BCUT2D eigenvalue weighted by Gasteiger charge is -2.32. The summed E-state index contributed by atoms with van der Waals surface area (Å²) in [6, 6.07) is 14.0. The van der Waals surface area contributed by atoms with E-state index in [0.717, 1.165) is 42.3 Å². The van der Waals surface area contributed by atoms with Crippen molar-refractivity contribution in [2.75, 3.05) is 5.32 Å². The molecule has 5 heteroatoms. The van der Waals surface area contributed by atoms with Crippen molar-refractivity contribution < 1.29 is 9.18 Å². The molecule has 1 aliphatic carbocycles. The summed E-state index contributed by atoms with van der Waals surface area (Å²) in [6.07, 6.45) is 5.78. The van der Waals surface area contributed by atoms with E-state index in [4.69, 9.17) is 11.6 Å². The number of carbonyl (C=O) groups excluding carboxylic acids is 1.